The minimum absolute atomic E-state index is 0.264. The maximum atomic E-state index is 5.35. The third-order valence-electron chi connectivity index (χ3n) is 6.32. The molecule has 0 aromatic carbocycles. The zero-order chi connectivity index (χ0) is 20.5. The van der Waals surface area contributed by atoms with Crippen LogP contribution in [0.5, 0.6) is 0 Å². The minimum Gasteiger partial charge on any atom is -0.357 e. The van der Waals surface area contributed by atoms with E-state index in [1.807, 2.05) is 0 Å². The van der Waals surface area contributed by atoms with Gasteiger partial charge in [-0.25, -0.2) is 0 Å². The van der Waals surface area contributed by atoms with E-state index in [0.717, 1.165) is 31.4 Å². The van der Waals surface area contributed by atoms with Gasteiger partial charge in [0.1, 0.15) is 0 Å². The number of nitrogens with zero attached hydrogens (tertiary/aromatic N) is 4. The Balaban J connectivity index is 1.58. The Labute approximate surface area is 176 Å². The summed E-state index contributed by atoms with van der Waals surface area (Å²) in [6.45, 7) is 11.2. The van der Waals surface area contributed by atoms with Crippen LogP contribution in [0, 0.1) is 0 Å². The Morgan fingerprint density at radius 3 is 2.48 bits per heavy atom. The van der Waals surface area contributed by atoms with E-state index < -0.39 is 0 Å². The largest absolute Gasteiger partial charge is 0.357 e. The molecule has 1 aromatic rings. The normalized spacial score (nSPS) is 20.8. The molecule has 1 aliphatic carbocycles. The summed E-state index contributed by atoms with van der Waals surface area (Å²) in [5.74, 6) is 2.66. The molecule has 0 amide bonds. The van der Waals surface area contributed by atoms with Gasteiger partial charge in [0.25, 0.3) is 0 Å². The second kappa shape index (κ2) is 11.0. The van der Waals surface area contributed by atoms with E-state index in [-0.39, 0.29) is 5.54 Å². The lowest BCUT2D eigenvalue weighted by atomic mass is 9.79. The molecule has 2 aliphatic rings. The average Bonchev–Trinajstić information content (AvgIpc) is 3.23. The SMILES string of the molecule is CCNC(=NCC1(N2CCCCC2)CCCCC1)NCCc1nc(C(C)C)no1. The molecule has 2 N–H and O–H groups in total. The van der Waals surface area contributed by atoms with Crippen LogP contribution in [-0.4, -0.2) is 59.3 Å². The first-order valence-electron chi connectivity index (χ1n) is 11.7. The minimum atomic E-state index is 0.264. The Morgan fingerprint density at radius 2 is 1.83 bits per heavy atom. The zero-order valence-electron chi connectivity index (χ0n) is 18.7. The van der Waals surface area contributed by atoms with Gasteiger partial charge < -0.3 is 15.2 Å². The Kier molecular flexibility index (Phi) is 8.33. The highest BCUT2D eigenvalue weighted by Gasteiger charge is 2.38. The van der Waals surface area contributed by atoms with Gasteiger partial charge in [0.2, 0.25) is 5.89 Å². The first-order valence-corrected chi connectivity index (χ1v) is 11.7. The lowest BCUT2D eigenvalue weighted by molar-refractivity contribution is 0.0407. The summed E-state index contributed by atoms with van der Waals surface area (Å²) in [7, 11) is 0. The first-order chi connectivity index (χ1) is 14.1. The summed E-state index contributed by atoms with van der Waals surface area (Å²) >= 11 is 0. The topological polar surface area (TPSA) is 78.6 Å². The van der Waals surface area contributed by atoms with E-state index in [1.165, 1.54) is 64.5 Å². The lowest BCUT2D eigenvalue weighted by Gasteiger charge is -2.47. The van der Waals surface area contributed by atoms with Crippen LogP contribution in [0.4, 0.5) is 0 Å². The standard InChI is InChI=1S/C22H40N6O/c1-4-23-21(24-14-11-19-26-20(18(2)3)27-29-19)25-17-22(12-7-5-8-13-22)28-15-9-6-10-16-28/h18H,4-17H2,1-3H3,(H2,23,24,25). The molecule has 0 atom stereocenters. The second-order valence-corrected chi connectivity index (χ2v) is 8.91. The summed E-state index contributed by atoms with van der Waals surface area (Å²) in [5.41, 5.74) is 0.264. The van der Waals surface area contributed by atoms with E-state index in [1.54, 1.807) is 0 Å². The van der Waals surface area contributed by atoms with Crippen molar-refractivity contribution in [2.45, 2.75) is 90.0 Å². The summed E-state index contributed by atoms with van der Waals surface area (Å²) in [4.78, 5) is 12.3. The van der Waals surface area contributed by atoms with Gasteiger partial charge in [0, 0.05) is 31.0 Å². The van der Waals surface area contributed by atoms with Gasteiger partial charge in [-0.3, -0.25) is 9.89 Å². The summed E-state index contributed by atoms with van der Waals surface area (Å²) < 4.78 is 5.35. The molecule has 0 radical (unpaired) electrons. The van der Waals surface area contributed by atoms with Crippen molar-refractivity contribution in [1.29, 1.82) is 0 Å². The molecule has 0 unspecified atom stereocenters. The van der Waals surface area contributed by atoms with E-state index in [4.69, 9.17) is 9.52 Å². The fourth-order valence-electron chi connectivity index (χ4n) is 4.61. The van der Waals surface area contributed by atoms with Gasteiger partial charge >= 0.3 is 0 Å². The number of nitrogens with one attached hydrogen (secondary N) is 2. The number of aliphatic imine (C=N–C) groups is 1. The van der Waals surface area contributed by atoms with Crippen LogP contribution in [0.2, 0.25) is 0 Å². The van der Waals surface area contributed by atoms with E-state index in [9.17, 15) is 0 Å². The summed E-state index contributed by atoms with van der Waals surface area (Å²) in [5, 5.41) is 10.9. The predicted molar refractivity (Wildman–Crippen MR) is 117 cm³/mol. The van der Waals surface area contributed by atoms with Crippen LogP contribution in [0.25, 0.3) is 0 Å². The quantitative estimate of drug-likeness (QED) is 0.510. The van der Waals surface area contributed by atoms with Crippen LogP contribution in [-0.2, 0) is 6.42 Å². The molecule has 0 bridgehead atoms. The van der Waals surface area contributed by atoms with Crippen molar-refractivity contribution in [2.75, 3.05) is 32.7 Å². The molecular formula is C22H40N6O. The molecule has 1 saturated heterocycles. The molecule has 7 nitrogen and oxygen atoms in total. The maximum absolute atomic E-state index is 5.35. The van der Waals surface area contributed by atoms with Crippen molar-refractivity contribution in [3.05, 3.63) is 11.7 Å². The lowest BCUT2D eigenvalue weighted by Crippen LogP contribution is -2.54. The highest BCUT2D eigenvalue weighted by Crippen LogP contribution is 2.35. The monoisotopic (exact) mass is 404 g/mol. The fraction of sp³-hybridized carbons (Fsp3) is 0.864. The number of piperidine rings is 1. The van der Waals surface area contributed by atoms with Gasteiger partial charge in [0.15, 0.2) is 11.8 Å². The molecule has 1 aliphatic heterocycles. The van der Waals surface area contributed by atoms with Crippen LogP contribution in [0.3, 0.4) is 0 Å². The van der Waals surface area contributed by atoms with Gasteiger partial charge in [-0.1, -0.05) is 44.7 Å². The number of rotatable bonds is 8. The molecule has 29 heavy (non-hydrogen) atoms. The molecule has 1 saturated carbocycles. The van der Waals surface area contributed by atoms with Gasteiger partial charge in [-0.05, 0) is 45.7 Å². The molecular weight excluding hydrogens is 364 g/mol. The van der Waals surface area contributed by atoms with Crippen LogP contribution < -0.4 is 10.6 Å². The predicted octanol–water partition coefficient (Wildman–Crippen LogP) is 3.48. The van der Waals surface area contributed by atoms with Crippen LogP contribution in [0.1, 0.15) is 89.8 Å². The molecule has 164 valence electrons. The van der Waals surface area contributed by atoms with Gasteiger partial charge in [-0.15, -0.1) is 0 Å². The van der Waals surface area contributed by atoms with Crippen molar-refractivity contribution in [2.24, 2.45) is 4.99 Å². The van der Waals surface area contributed by atoms with Crippen LogP contribution in [0.15, 0.2) is 9.52 Å². The summed E-state index contributed by atoms with van der Waals surface area (Å²) in [6.07, 6.45) is 11.4. The fourth-order valence-corrected chi connectivity index (χ4v) is 4.61. The third kappa shape index (κ3) is 6.17. The zero-order valence-corrected chi connectivity index (χ0v) is 18.7. The Bertz CT molecular complexity index is 629. The number of likely N-dealkylation sites (tertiary alicyclic amines) is 1. The van der Waals surface area contributed by atoms with Crippen LogP contribution >= 0.6 is 0 Å². The molecule has 2 heterocycles. The summed E-state index contributed by atoms with van der Waals surface area (Å²) in [6, 6.07) is 0. The molecule has 3 rings (SSSR count). The number of hydrogen-bond acceptors (Lipinski definition) is 5. The molecule has 2 fully saturated rings. The van der Waals surface area contributed by atoms with Gasteiger partial charge in [0.05, 0.1) is 6.54 Å². The number of guanidine groups is 1. The third-order valence-corrected chi connectivity index (χ3v) is 6.32. The number of hydrogen-bond donors (Lipinski definition) is 2. The maximum Gasteiger partial charge on any atom is 0.228 e. The van der Waals surface area contributed by atoms with E-state index >= 15 is 0 Å². The average molecular weight is 405 g/mol. The molecule has 7 heteroatoms. The highest BCUT2D eigenvalue weighted by molar-refractivity contribution is 5.79. The smallest absolute Gasteiger partial charge is 0.228 e. The van der Waals surface area contributed by atoms with Crippen molar-refractivity contribution >= 4 is 5.96 Å². The number of aromatic nitrogens is 2. The van der Waals surface area contributed by atoms with E-state index in [0.29, 0.717) is 18.2 Å². The molecule has 0 spiro atoms. The van der Waals surface area contributed by atoms with Gasteiger partial charge in [-0.2, -0.15) is 4.98 Å². The van der Waals surface area contributed by atoms with E-state index in [2.05, 4.69) is 46.4 Å². The second-order valence-electron chi connectivity index (χ2n) is 8.91. The molecule has 1 aromatic heterocycles. The first kappa shape index (κ1) is 22.1. The van der Waals surface area contributed by atoms with Crippen molar-refractivity contribution in [1.82, 2.24) is 25.7 Å². The van der Waals surface area contributed by atoms with Crippen molar-refractivity contribution in [3.8, 4) is 0 Å². The van der Waals surface area contributed by atoms with Crippen molar-refractivity contribution in [3.63, 3.8) is 0 Å². The Hall–Kier alpha value is -1.63. The van der Waals surface area contributed by atoms with Crippen molar-refractivity contribution < 1.29 is 4.52 Å². The Morgan fingerprint density at radius 1 is 1.10 bits per heavy atom. The highest BCUT2D eigenvalue weighted by atomic mass is 16.5.